The predicted octanol–water partition coefficient (Wildman–Crippen LogP) is 6.09. The first-order valence-corrected chi connectivity index (χ1v) is 11.7. The molecule has 1 atom stereocenters. The normalized spacial score (nSPS) is 14.3. The molecular formula is C25H38O3S. The van der Waals surface area contributed by atoms with Crippen molar-refractivity contribution in [3.05, 3.63) is 52.5 Å². The molecule has 1 unspecified atom stereocenters. The monoisotopic (exact) mass is 418 g/mol. The average molecular weight is 419 g/mol. The third kappa shape index (κ3) is 6.48. The number of carbonyl (C=O) groups excluding carboxylic acids is 1. The van der Waals surface area contributed by atoms with Gasteiger partial charge in [-0.3, -0.25) is 4.79 Å². The van der Waals surface area contributed by atoms with E-state index in [0.717, 1.165) is 36.9 Å². The molecule has 0 bridgehead atoms. The summed E-state index contributed by atoms with van der Waals surface area (Å²) in [5, 5.41) is 10.3. The van der Waals surface area contributed by atoms with E-state index in [2.05, 4.69) is 45.2 Å². The molecule has 162 valence electrons. The average Bonchev–Trinajstić information content (AvgIpc) is 2.71. The summed E-state index contributed by atoms with van der Waals surface area (Å²) in [6, 6.07) is 6.45. The van der Waals surface area contributed by atoms with Gasteiger partial charge in [-0.1, -0.05) is 65.8 Å². The van der Waals surface area contributed by atoms with Crippen molar-refractivity contribution in [3.63, 3.8) is 0 Å². The number of hydrogen-bond donors (Lipinski definition) is 1. The van der Waals surface area contributed by atoms with Gasteiger partial charge in [0.15, 0.2) is 0 Å². The van der Waals surface area contributed by atoms with Gasteiger partial charge in [0.2, 0.25) is 0 Å². The van der Waals surface area contributed by atoms with E-state index in [1.807, 2.05) is 32.9 Å². The largest absolute Gasteiger partial charge is 0.491 e. The second kappa shape index (κ2) is 11.6. The number of allylic oxidation sites excluding steroid dienone is 4. The quantitative estimate of drug-likeness (QED) is 0.268. The standard InChI is InChI=1S/C25H38O3S/c1-8-19-17-20(14-15-21(19)28-18-22(27)24(4,5)6)25(9-2,10-3)23(29-7)13-11-12-16-26/h11-17,22,27H,8-10,18H2,1-7H3/b12-11+,23-13-. The maximum absolute atomic E-state index is 10.7. The highest BCUT2D eigenvalue weighted by Gasteiger charge is 2.33. The zero-order valence-corrected chi connectivity index (χ0v) is 19.9. The Hall–Kier alpha value is -1.52. The molecule has 0 aliphatic rings. The lowest BCUT2D eigenvalue weighted by Crippen LogP contribution is -2.32. The lowest BCUT2D eigenvalue weighted by atomic mass is 9.74. The van der Waals surface area contributed by atoms with Crippen molar-refractivity contribution in [2.24, 2.45) is 5.41 Å². The molecule has 0 heterocycles. The number of aliphatic hydroxyl groups excluding tert-OH is 1. The van der Waals surface area contributed by atoms with Gasteiger partial charge in [-0.05, 0) is 59.1 Å². The Morgan fingerprint density at radius 2 is 1.83 bits per heavy atom. The molecule has 1 rings (SSSR count). The number of aliphatic hydroxyl groups is 1. The van der Waals surface area contributed by atoms with Gasteiger partial charge in [0.25, 0.3) is 0 Å². The zero-order valence-electron chi connectivity index (χ0n) is 19.1. The van der Waals surface area contributed by atoms with Crippen LogP contribution in [0.25, 0.3) is 0 Å². The highest BCUT2D eigenvalue weighted by molar-refractivity contribution is 8.02. The van der Waals surface area contributed by atoms with Gasteiger partial charge in [-0.25, -0.2) is 0 Å². The van der Waals surface area contributed by atoms with Crippen LogP contribution >= 0.6 is 11.8 Å². The molecule has 3 nitrogen and oxygen atoms in total. The van der Waals surface area contributed by atoms with Gasteiger partial charge in [-0.2, -0.15) is 0 Å². The minimum Gasteiger partial charge on any atom is -0.491 e. The lowest BCUT2D eigenvalue weighted by molar-refractivity contribution is -0.104. The third-order valence-electron chi connectivity index (χ3n) is 5.73. The fourth-order valence-electron chi connectivity index (χ4n) is 3.47. The molecule has 0 saturated heterocycles. The van der Waals surface area contributed by atoms with Crippen LogP contribution in [0.4, 0.5) is 0 Å². The van der Waals surface area contributed by atoms with Crippen LogP contribution in [0, 0.1) is 5.41 Å². The molecule has 4 heteroatoms. The summed E-state index contributed by atoms with van der Waals surface area (Å²) in [6.45, 7) is 12.9. The van der Waals surface area contributed by atoms with Crippen LogP contribution in [0.5, 0.6) is 5.75 Å². The summed E-state index contributed by atoms with van der Waals surface area (Å²) in [4.78, 5) is 11.9. The molecule has 1 aromatic carbocycles. The predicted molar refractivity (Wildman–Crippen MR) is 126 cm³/mol. The summed E-state index contributed by atoms with van der Waals surface area (Å²) >= 11 is 1.74. The van der Waals surface area contributed by atoms with Crippen molar-refractivity contribution in [1.29, 1.82) is 0 Å². The maximum Gasteiger partial charge on any atom is 0.142 e. The number of thioether (sulfide) groups is 1. The second-order valence-corrected chi connectivity index (χ2v) is 9.26. The van der Waals surface area contributed by atoms with E-state index in [9.17, 15) is 9.90 Å². The van der Waals surface area contributed by atoms with Crippen LogP contribution < -0.4 is 4.74 Å². The Morgan fingerprint density at radius 1 is 1.17 bits per heavy atom. The zero-order chi connectivity index (χ0) is 22.1. The molecular weight excluding hydrogens is 380 g/mol. The number of rotatable bonds is 11. The molecule has 0 aliphatic carbocycles. The second-order valence-electron chi connectivity index (χ2n) is 8.41. The molecule has 0 aliphatic heterocycles. The number of carbonyl (C=O) groups is 1. The first-order chi connectivity index (χ1) is 13.7. The molecule has 1 aromatic rings. The molecule has 0 amide bonds. The van der Waals surface area contributed by atoms with Crippen molar-refractivity contribution < 1.29 is 14.6 Å². The van der Waals surface area contributed by atoms with E-state index in [1.54, 1.807) is 11.8 Å². The Morgan fingerprint density at radius 3 is 2.31 bits per heavy atom. The topological polar surface area (TPSA) is 46.5 Å². The third-order valence-corrected chi connectivity index (χ3v) is 6.69. The van der Waals surface area contributed by atoms with Crippen LogP contribution in [0.2, 0.25) is 0 Å². The van der Waals surface area contributed by atoms with Gasteiger partial charge < -0.3 is 9.84 Å². The van der Waals surface area contributed by atoms with Crippen molar-refractivity contribution in [2.45, 2.75) is 72.3 Å². The van der Waals surface area contributed by atoms with E-state index in [0.29, 0.717) is 0 Å². The molecule has 29 heavy (non-hydrogen) atoms. The van der Waals surface area contributed by atoms with Gasteiger partial charge in [0.1, 0.15) is 18.6 Å². The van der Waals surface area contributed by atoms with E-state index in [-0.39, 0.29) is 17.4 Å². The smallest absolute Gasteiger partial charge is 0.142 e. The molecule has 1 N–H and O–H groups in total. The Balaban J connectivity index is 3.31. The summed E-state index contributed by atoms with van der Waals surface area (Å²) in [7, 11) is 0. The fraction of sp³-hybridized carbons (Fsp3) is 0.560. The molecule has 0 radical (unpaired) electrons. The Kier molecular flexibility index (Phi) is 10.2. The van der Waals surface area contributed by atoms with Crippen LogP contribution in [0.3, 0.4) is 0 Å². The van der Waals surface area contributed by atoms with Gasteiger partial charge >= 0.3 is 0 Å². The van der Waals surface area contributed by atoms with Gasteiger partial charge in [0.05, 0.1) is 6.10 Å². The highest BCUT2D eigenvalue weighted by Crippen LogP contribution is 2.44. The van der Waals surface area contributed by atoms with E-state index in [4.69, 9.17) is 4.74 Å². The summed E-state index contributed by atoms with van der Waals surface area (Å²) < 4.78 is 6.00. The van der Waals surface area contributed by atoms with Crippen LogP contribution in [-0.4, -0.2) is 30.4 Å². The number of aldehydes is 1. The van der Waals surface area contributed by atoms with Crippen molar-refractivity contribution >= 4 is 18.0 Å². The first-order valence-electron chi connectivity index (χ1n) is 10.5. The summed E-state index contributed by atoms with van der Waals surface area (Å²) in [5.74, 6) is 0.844. The molecule has 0 spiro atoms. The fourth-order valence-corrected chi connectivity index (χ4v) is 4.49. The Labute approximate surface area is 181 Å². The summed E-state index contributed by atoms with van der Waals surface area (Å²) in [6.07, 6.45) is 10.6. The molecule has 0 fully saturated rings. The van der Waals surface area contributed by atoms with Crippen molar-refractivity contribution in [3.8, 4) is 5.75 Å². The molecule has 0 aromatic heterocycles. The number of benzene rings is 1. The van der Waals surface area contributed by atoms with Crippen LogP contribution in [0.1, 0.15) is 65.5 Å². The lowest BCUT2D eigenvalue weighted by Gasteiger charge is -2.35. The van der Waals surface area contributed by atoms with Gasteiger partial charge in [-0.15, -0.1) is 11.8 Å². The number of aryl methyl sites for hydroxylation is 1. The van der Waals surface area contributed by atoms with Crippen LogP contribution in [-0.2, 0) is 16.6 Å². The van der Waals surface area contributed by atoms with Crippen molar-refractivity contribution in [1.82, 2.24) is 0 Å². The highest BCUT2D eigenvalue weighted by atomic mass is 32.2. The number of ether oxygens (including phenoxy) is 1. The number of hydrogen-bond acceptors (Lipinski definition) is 4. The Bertz CT molecular complexity index is 709. The minimum atomic E-state index is -0.520. The van der Waals surface area contributed by atoms with Crippen LogP contribution in [0.15, 0.2) is 41.3 Å². The van der Waals surface area contributed by atoms with E-state index >= 15 is 0 Å². The van der Waals surface area contributed by atoms with E-state index in [1.165, 1.54) is 16.5 Å². The van der Waals surface area contributed by atoms with E-state index < -0.39 is 6.10 Å². The first kappa shape index (κ1) is 25.5. The van der Waals surface area contributed by atoms with Crippen molar-refractivity contribution in [2.75, 3.05) is 12.9 Å². The molecule has 0 saturated carbocycles. The minimum absolute atomic E-state index is 0.0972. The maximum atomic E-state index is 10.7. The van der Waals surface area contributed by atoms with Gasteiger partial charge in [0, 0.05) is 5.41 Å². The SMILES string of the molecule is CCc1cc(C(CC)(CC)/C(=C/C=C/C=O)SC)ccc1OCC(O)C(C)(C)C. The summed E-state index contributed by atoms with van der Waals surface area (Å²) in [5.41, 5.74) is 2.11.